The molecule has 0 saturated carbocycles. The molecule has 0 fully saturated rings. The smallest absolute Gasteiger partial charge is 0.335 e. The van der Waals surface area contributed by atoms with Crippen molar-refractivity contribution in [1.29, 1.82) is 0 Å². The summed E-state index contributed by atoms with van der Waals surface area (Å²) in [6, 6.07) is 9.45. The Morgan fingerprint density at radius 3 is 1.50 bits per heavy atom. The van der Waals surface area contributed by atoms with E-state index in [-0.39, 0.29) is 11.1 Å². The average molecular weight is 400 g/mol. The van der Waals surface area contributed by atoms with Crippen molar-refractivity contribution in [3.05, 3.63) is 56.5 Å². The zero-order valence-electron chi connectivity index (χ0n) is 9.93. The molecular weight excluding hydrogens is 392 g/mol. The van der Waals surface area contributed by atoms with Gasteiger partial charge in [0.2, 0.25) is 0 Å². The van der Waals surface area contributed by atoms with Crippen molar-refractivity contribution >= 4 is 43.8 Å². The van der Waals surface area contributed by atoms with Crippen LogP contribution in [0.3, 0.4) is 0 Å². The van der Waals surface area contributed by atoms with Crippen LogP contribution in [0.2, 0.25) is 0 Å². The molecular formula is C14H8Br2O4. The van der Waals surface area contributed by atoms with Crippen molar-refractivity contribution in [1.82, 2.24) is 0 Å². The molecule has 102 valence electrons. The molecule has 2 aromatic carbocycles. The van der Waals surface area contributed by atoms with Gasteiger partial charge in [-0.2, -0.15) is 0 Å². The number of carbonyl (C=O) groups is 2. The maximum atomic E-state index is 11.1. The summed E-state index contributed by atoms with van der Waals surface area (Å²) in [4.78, 5) is 22.2. The first-order chi connectivity index (χ1) is 9.36. The standard InChI is InChI=1S/C14H8Br2O4/c15-11-4-8(5-12(16)6-11)7-1-9(13(17)18)3-10(2-7)14(19)20/h1-6H,(H,17,18)(H,19,20). The molecule has 0 aliphatic rings. The third-order valence-electron chi connectivity index (χ3n) is 2.62. The molecule has 0 atom stereocenters. The van der Waals surface area contributed by atoms with Crippen molar-refractivity contribution in [2.24, 2.45) is 0 Å². The molecule has 0 aromatic heterocycles. The summed E-state index contributed by atoms with van der Waals surface area (Å²) in [5.74, 6) is -2.33. The van der Waals surface area contributed by atoms with E-state index in [4.69, 9.17) is 10.2 Å². The third-order valence-corrected chi connectivity index (χ3v) is 3.54. The molecule has 0 aliphatic heterocycles. The van der Waals surface area contributed by atoms with Gasteiger partial charge in [-0.05, 0) is 47.5 Å². The lowest BCUT2D eigenvalue weighted by atomic mass is 10.00. The van der Waals surface area contributed by atoms with Crippen LogP contribution in [0.25, 0.3) is 11.1 Å². The van der Waals surface area contributed by atoms with E-state index < -0.39 is 11.9 Å². The first-order valence-corrected chi connectivity index (χ1v) is 7.03. The molecule has 0 unspecified atom stereocenters. The van der Waals surface area contributed by atoms with Crippen LogP contribution in [-0.2, 0) is 0 Å². The summed E-state index contributed by atoms with van der Waals surface area (Å²) < 4.78 is 1.61. The van der Waals surface area contributed by atoms with Gasteiger partial charge in [-0.25, -0.2) is 9.59 Å². The van der Waals surface area contributed by atoms with Gasteiger partial charge >= 0.3 is 11.9 Å². The fourth-order valence-corrected chi connectivity index (χ4v) is 3.06. The molecule has 0 bridgehead atoms. The summed E-state index contributed by atoms with van der Waals surface area (Å²) in [7, 11) is 0. The maximum absolute atomic E-state index is 11.1. The van der Waals surface area contributed by atoms with E-state index >= 15 is 0 Å². The number of aromatic carboxylic acids is 2. The zero-order valence-corrected chi connectivity index (χ0v) is 13.1. The van der Waals surface area contributed by atoms with E-state index in [0.29, 0.717) is 5.56 Å². The molecule has 4 nitrogen and oxygen atoms in total. The highest BCUT2D eigenvalue weighted by Gasteiger charge is 2.13. The summed E-state index contributed by atoms with van der Waals surface area (Å²) >= 11 is 6.69. The van der Waals surface area contributed by atoms with E-state index in [1.807, 2.05) is 6.07 Å². The predicted octanol–water partition coefficient (Wildman–Crippen LogP) is 4.28. The first-order valence-electron chi connectivity index (χ1n) is 5.45. The summed E-state index contributed by atoms with van der Waals surface area (Å²) in [6.07, 6.45) is 0. The van der Waals surface area contributed by atoms with Crippen molar-refractivity contribution in [2.45, 2.75) is 0 Å². The van der Waals surface area contributed by atoms with Gasteiger partial charge in [0.25, 0.3) is 0 Å². The van der Waals surface area contributed by atoms with Gasteiger partial charge in [-0.1, -0.05) is 31.9 Å². The normalized spacial score (nSPS) is 10.3. The highest BCUT2D eigenvalue weighted by molar-refractivity contribution is 9.11. The lowest BCUT2D eigenvalue weighted by Crippen LogP contribution is -2.03. The average Bonchev–Trinajstić information content (AvgIpc) is 2.36. The topological polar surface area (TPSA) is 74.6 Å². The fourth-order valence-electron chi connectivity index (χ4n) is 1.76. The summed E-state index contributed by atoms with van der Waals surface area (Å²) in [5, 5.41) is 18.1. The first kappa shape index (κ1) is 14.7. The van der Waals surface area contributed by atoms with E-state index in [0.717, 1.165) is 20.6 Å². The number of hydrogen-bond acceptors (Lipinski definition) is 2. The fraction of sp³-hybridized carbons (Fsp3) is 0. The van der Waals surface area contributed by atoms with Crippen LogP contribution in [0, 0.1) is 0 Å². The molecule has 0 spiro atoms. The molecule has 0 radical (unpaired) electrons. The minimum absolute atomic E-state index is 0.0593. The molecule has 0 amide bonds. The van der Waals surface area contributed by atoms with Gasteiger partial charge in [-0.3, -0.25) is 0 Å². The van der Waals surface area contributed by atoms with Gasteiger partial charge in [-0.15, -0.1) is 0 Å². The van der Waals surface area contributed by atoms with Gasteiger partial charge in [0.05, 0.1) is 11.1 Å². The van der Waals surface area contributed by atoms with Crippen LogP contribution in [-0.4, -0.2) is 22.2 Å². The summed E-state index contributed by atoms with van der Waals surface area (Å²) in [5.41, 5.74) is 1.13. The molecule has 0 heterocycles. The second-order valence-electron chi connectivity index (χ2n) is 4.07. The quantitative estimate of drug-likeness (QED) is 0.807. The zero-order chi connectivity index (χ0) is 14.9. The van der Waals surface area contributed by atoms with Gasteiger partial charge < -0.3 is 10.2 Å². The van der Waals surface area contributed by atoms with Crippen molar-refractivity contribution in [3.8, 4) is 11.1 Å². The van der Waals surface area contributed by atoms with Crippen molar-refractivity contribution in [2.75, 3.05) is 0 Å². The van der Waals surface area contributed by atoms with Crippen molar-refractivity contribution in [3.63, 3.8) is 0 Å². The molecule has 20 heavy (non-hydrogen) atoms. The Morgan fingerprint density at radius 2 is 1.10 bits per heavy atom. The van der Waals surface area contributed by atoms with Crippen LogP contribution < -0.4 is 0 Å². The Kier molecular flexibility index (Phi) is 4.25. The minimum Gasteiger partial charge on any atom is -0.478 e. The van der Waals surface area contributed by atoms with E-state index in [2.05, 4.69) is 31.9 Å². The number of hydrogen-bond donors (Lipinski definition) is 2. The SMILES string of the molecule is O=C(O)c1cc(C(=O)O)cc(-c2cc(Br)cc(Br)c2)c1. The predicted molar refractivity (Wildman–Crippen MR) is 81.2 cm³/mol. The van der Waals surface area contributed by atoms with Crippen LogP contribution in [0.15, 0.2) is 45.3 Å². The Hall–Kier alpha value is -1.66. The van der Waals surface area contributed by atoms with Crippen LogP contribution in [0.5, 0.6) is 0 Å². The van der Waals surface area contributed by atoms with Crippen LogP contribution in [0.1, 0.15) is 20.7 Å². The summed E-state index contributed by atoms with van der Waals surface area (Å²) in [6.45, 7) is 0. The molecule has 0 saturated heterocycles. The number of carboxylic acids is 2. The number of carboxylic acid groups (broad SMARTS) is 2. The Morgan fingerprint density at radius 1 is 0.700 bits per heavy atom. The number of halogens is 2. The van der Waals surface area contributed by atoms with Crippen LogP contribution >= 0.6 is 31.9 Å². The van der Waals surface area contributed by atoms with Crippen LogP contribution in [0.4, 0.5) is 0 Å². The molecule has 0 aliphatic carbocycles. The minimum atomic E-state index is -1.16. The van der Waals surface area contributed by atoms with E-state index in [1.165, 1.54) is 12.1 Å². The number of rotatable bonds is 3. The van der Waals surface area contributed by atoms with E-state index in [1.54, 1.807) is 12.1 Å². The molecule has 2 aromatic rings. The second kappa shape index (κ2) is 5.76. The van der Waals surface area contributed by atoms with Gasteiger partial charge in [0.15, 0.2) is 0 Å². The van der Waals surface area contributed by atoms with Gasteiger partial charge in [0, 0.05) is 8.95 Å². The molecule has 2 N–H and O–H groups in total. The van der Waals surface area contributed by atoms with Crippen molar-refractivity contribution < 1.29 is 19.8 Å². The van der Waals surface area contributed by atoms with Gasteiger partial charge in [0.1, 0.15) is 0 Å². The maximum Gasteiger partial charge on any atom is 0.335 e. The monoisotopic (exact) mass is 398 g/mol. The Bertz CT molecular complexity index is 658. The lowest BCUT2D eigenvalue weighted by Gasteiger charge is -2.07. The van der Waals surface area contributed by atoms with E-state index in [9.17, 15) is 9.59 Å². The second-order valence-corrected chi connectivity index (χ2v) is 5.90. The Labute approximate surface area is 131 Å². The lowest BCUT2D eigenvalue weighted by molar-refractivity contribution is 0.0696. The largest absolute Gasteiger partial charge is 0.478 e. The molecule has 6 heteroatoms. The Balaban J connectivity index is 2.66. The highest BCUT2D eigenvalue weighted by Crippen LogP contribution is 2.29. The molecule has 2 rings (SSSR count). The number of benzene rings is 2. The highest BCUT2D eigenvalue weighted by atomic mass is 79.9. The third kappa shape index (κ3) is 3.26.